The number of aliphatic imine (C=N–C) groups is 1. The van der Waals surface area contributed by atoms with E-state index in [0.717, 1.165) is 29.9 Å². The summed E-state index contributed by atoms with van der Waals surface area (Å²) in [6, 6.07) is 4.16. The Hall–Kier alpha value is -1.38. The summed E-state index contributed by atoms with van der Waals surface area (Å²) in [5.74, 6) is 0. The van der Waals surface area contributed by atoms with Crippen molar-refractivity contribution in [3.8, 4) is 0 Å². The molecular weight excluding hydrogens is 186 g/mol. The molecule has 15 heavy (non-hydrogen) atoms. The first-order valence-corrected chi connectivity index (χ1v) is 5.64. The van der Waals surface area contributed by atoms with Crippen molar-refractivity contribution in [1.29, 1.82) is 0 Å². The van der Waals surface area contributed by atoms with Crippen LogP contribution in [-0.4, -0.2) is 17.9 Å². The van der Waals surface area contributed by atoms with Gasteiger partial charge in [-0.3, -0.25) is 4.99 Å². The highest BCUT2D eigenvalue weighted by Gasteiger charge is 2.05. The van der Waals surface area contributed by atoms with Crippen LogP contribution in [0.4, 0.5) is 5.69 Å². The minimum absolute atomic E-state index is 0.668. The van der Waals surface area contributed by atoms with Crippen molar-refractivity contribution in [3.63, 3.8) is 0 Å². The van der Waals surface area contributed by atoms with Gasteiger partial charge in [0, 0.05) is 5.69 Å². The summed E-state index contributed by atoms with van der Waals surface area (Å²) in [5, 5.41) is 3.17. The molecule has 2 rings (SSSR count). The highest BCUT2D eigenvalue weighted by atomic mass is 15.0. The van der Waals surface area contributed by atoms with Gasteiger partial charge in [-0.25, -0.2) is 4.98 Å². The van der Waals surface area contributed by atoms with Crippen LogP contribution in [0.25, 0.3) is 0 Å². The monoisotopic (exact) mass is 205 g/mol. The van der Waals surface area contributed by atoms with Gasteiger partial charge in [-0.2, -0.15) is 0 Å². The molecule has 1 aliphatic rings. The Balaban J connectivity index is 0.000000531. The zero-order valence-electron chi connectivity index (χ0n) is 9.75. The maximum atomic E-state index is 4.49. The number of aryl methyl sites for hydroxylation is 1. The number of aromatic nitrogens is 1. The first-order chi connectivity index (χ1) is 7.40. The third-order valence-corrected chi connectivity index (χ3v) is 2.06. The van der Waals surface area contributed by atoms with Crippen LogP contribution in [0, 0.1) is 0 Å². The third-order valence-electron chi connectivity index (χ3n) is 2.06. The van der Waals surface area contributed by atoms with Gasteiger partial charge in [-0.1, -0.05) is 27.2 Å². The molecule has 3 heteroatoms. The number of anilines is 1. The number of hydrogen-bond donors (Lipinski definition) is 1. The predicted molar refractivity (Wildman–Crippen MR) is 65.7 cm³/mol. The summed E-state index contributed by atoms with van der Waals surface area (Å²) in [7, 11) is 0. The number of fused-ring (bicyclic) bond motifs is 1. The van der Waals surface area contributed by atoms with Crippen LogP contribution in [-0.2, 0) is 6.42 Å². The fourth-order valence-corrected chi connectivity index (χ4v) is 1.42. The van der Waals surface area contributed by atoms with Gasteiger partial charge in [-0.15, -0.1) is 0 Å². The third kappa shape index (κ3) is 3.05. The van der Waals surface area contributed by atoms with Gasteiger partial charge < -0.3 is 5.32 Å². The van der Waals surface area contributed by atoms with Gasteiger partial charge in [0.25, 0.3) is 0 Å². The van der Waals surface area contributed by atoms with E-state index in [2.05, 4.69) is 34.3 Å². The minimum atomic E-state index is 0.668. The molecule has 0 fully saturated rings. The average molecular weight is 205 g/mol. The first-order valence-electron chi connectivity index (χ1n) is 5.64. The highest BCUT2D eigenvalue weighted by Crippen LogP contribution is 2.15. The fourth-order valence-electron chi connectivity index (χ4n) is 1.42. The zero-order valence-corrected chi connectivity index (χ0v) is 9.75. The second-order valence-electron chi connectivity index (χ2n) is 3.13. The van der Waals surface area contributed by atoms with Gasteiger partial charge in [0.1, 0.15) is 12.4 Å². The second kappa shape index (κ2) is 6.17. The lowest BCUT2D eigenvalue weighted by molar-refractivity contribution is 0.879. The van der Waals surface area contributed by atoms with E-state index in [4.69, 9.17) is 0 Å². The van der Waals surface area contributed by atoms with E-state index in [1.165, 1.54) is 0 Å². The van der Waals surface area contributed by atoms with Crippen molar-refractivity contribution in [2.75, 3.05) is 12.0 Å². The van der Waals surface area contributed by atoms with E-state index in [1.54, 1.807) is 0 Å². The molecule has 0 atom stereocenters. The smallest absolute Gasteiger partial charge is 0.107 e. The van der Waals surface area contributed by atoms with Crippen LogP contribution in [0.15, 0.2) is 17.1 Å². The van der Waals surface area contributed by atoms with Crippen molar-refractivity contribution in [2.45, 2.75) is 33.6 Å². The van der Waals surface area contributed by atoms with Crippen molar-refractivity contribution in [1.82, 2.24) is 4.98 Å². The zero-order chi connectivity index (χ0) is 11.1. The van der Waals surface area contributed by atoms with Crippen molar-refractivity contribution in [2.24, 2.45) is 4.99 Å². The molecule has 0 bridgehead atoms. The largest absolute Gasteiger partial charge is 0.364 e. The summed E-state index contributed by atoms with van der Waals surface area (Å²) in [5.41, 5.74) is 3.21. The lowest BCUT2D eigenvalue weighted by Gasteiger charge is -2.12. The second-order valence-corrected chi connectivity index (χ2v) is 3.13. The van der Waals surface area contributed by atoms with Gasteiger partial charge in [0.2, 0.25) is 0 Å². The van der Waals surface area contributed by atoms with E-state index in [0.29, 0.717) is 6.67 Å². The quantitative estimate of drug-likeness (QED) is 0.806. The molecule has 0 aromatic carbocycles. The van der Waals surface area contributed by atoms with Crippen molar-refractivity contribution < 1.29 is 0 Å². The first kappa shape index (κ1) is 11.7. The molecule has 1 aliphatic heterocycles. The molecule has 0 amide bonds. The minimum Gasteiger partial charge on any atom is -0.364 e. The molecule has 0 aliphatic carbocycles. The van der Waals surface area contributed by atoms with E-state index in [1.807, 2.05) is 20.1 Å². The van der Waals surface area contributed by atoms with E-state index in [9.17, 15) is 0 Å². The topological polar surface area (TPSA) is 37.3 Å². The van der Waals surface area contributed by atoms with Crippen LogP contribution < -0.4 is 5.32 Å². The molecule has 0 saturated carbocycles. The van der Waals surface area contributed by atoms with Crippen LogP contribution in [0.2, 0.25) is 0 Å². The summed E-state index contributed by atoms with van der Waals surface area (Å²) < 4.78 is 0. The van der Waals surface area contributed by atoms with E-state index < -0.39 is 0 Å². The lowest BCUT2D eigenvalue weighted by atomic mass is 10.2. The van der Waals surface area contributed by atoms with Gasteiger partial charge >= 0.3 is 0 Å². The van der Waals surface area contributed by atoms with Crippen LogP contribution in [0.5, 0.6) is 0 Å². The molecule has 1 N–H and O–H groups in total. The lowest BCUT2D eigenvalue weighted by Crippen LogP contribution is -2.10. The Kier molecular flexibility index (Phi) is 4.81. The molecule has 3 nitrogen and oxygen atoms in total. The summed E-state index contributed by atoms with van der Waals surface area (Å²) in [4.78, 5) is 8.61. The molecule has 2 heterocycles. The van der Waals surface area contributed by atoms with Crippen LogP contribution in [0.3, 0.4) is 0 Å². The molecule has 1 aromatic rings. The molecule has 1 aromatic heterocycles. The molecule has 0 saturated heterocycles. The summed E-state index contributed by atoms with van der Waals surface area (Å²) in [6.07, 6.45) is 4.02. The summed E-state index contributed by atoms with van der Waals surface area (Å²) in [6.45, 7) is 6.83. The molecule has 82 valence electrons. The van der Waals surface area contributed by atoms with E-state index in [-0.39, 0.29) is 0 Å². The number of rotatable bonds is 2. The normalized spacial score (nSPS) is 12.2. The molecule has 0 radical (unpaired) electrons. The fraction of sp³-hybridized carbons (Fsp3) is 0.500. The van der Waals surface area contributed by atoms with Crippen LogP contribution in [0.1, 0.15) is 38.6 Å². The number of nitrogens with zero attached hydrogens (tertiary/aromatic N) is 2. The van der Waals surface area contributed by atoms with Crippen LogP contribution >= 0.6 is 0 Å². The Morgan fingerprint density at radius 1 is 1.33 bits per heavy atom. The van der Waals surface area contributed by atoms with Gasteiger partial charge in [-0.05, 0) is 18.6 Å². The van der Waals surface area contributed by atoms with Crippen molar-refractivity contribution >= 4 is 11.9 Å². The van der Waals surface area contributed by atoms with Crippen molar-refractivity contribution in [3.05, 3.63) is 23.5 Å². The standard InChI is InChI=1S/C10H13N3.C2H6/c1-2-3-8-4-5-9-10(13-8)6-11-7-12-9;1-2/h4-6,12H,2-3,7H2,1H3;1-2H3. The Labute approximate surface area is 91.7 Å². The van der Waals surface area contributed by atoms with E-state index >= 15 is 0 Å². The molecule has 0 unspecified atom stereocenters. The predicted octanol–water partition coefficient (Wildman–Crippen LogP) is 2.86. The molecule has 0 spiro atoms. The molecular formula is C12H19N3. The van der Waals surface area contributed by atoms with Gasteiger partial charge in [0.15, 0.2) is 0 Å². The maximum Gasteiger partial charge on any atom is 0.107 e. The highest BCUT2D eigenvalue weighted by molar-refractivity contribution is 5.86. The summed E-state index contributed by atoms with van der Waals surface area (Å²) >= 11 is 0. The Morgan fingerprint density at radius 2 is 2.13 bits per heavy atom. The number of pyridine rings is 1. The Bertz CT molecular complexity index is 332. The number of nitrogens with one attached hydrogen (secondary N) is 1. The number of hydrogen-bond acceptors (Lipinski definition) is 3. The average Bonchev–Trinajstić information content (AvgIpc) is 2.32. The SMILES string of the molecule is CC.CCCc1ccc2c(n1)C=NCN2. The maximum absolute atomic E-state index is 4.49. The Morgan fingerprint density at radius 3 is 2.87 bits per heavy atom. The van der Waals surface area contributed by atoms with Gasteiger partial charge in [0.05, 0.1) is 11.9 Å².